The average Bonchev–Trinajstić information content (AvgIpc) is 3.00. The minimum atomic E-state index is 0.435. The van der Waals surface area contributed by atoms with Gasteiger partial charge in [0, 0.05) is 6.04 Å². The van der Waals surface area contributed by atoms with Crippen LogP contribution in [0.25, 0.3) is 0 Å². The fourth-order valence-corrected chi connectivity index (χ4v) is 4.89. The van der Waals surface area contributed by atoms with Crippen LogP contribution >= 0.6 is 11.3 Å². The summed E-state index contributed by atoms with van der Waals surface area (Å²) in [4.78, 5) is 5.32. The number of hydrogen-bond donors (Lipinski definition) is 0. The molecule has 5 heteroatoms. The molecule has 0 amide bonds. The lowest BCUT2D eigenvalue weighted by atomic mass is 9.92. The number of aryl methyl sites for hydroxylation is 1. The third-order valence-electron chi connectivity index (χ3n) is 5.86. The lowest BCUT2D eigenvalue weighted by Gasteiger charge is -2.37. The largest absolute Gasteiger partial charge is 0.301 e. The van der Waals surface area contributed by atoms with E-state index in [1.54, 1.807) is 11.3 Å². The summed E-state index contributed by atoms with van der Waals surface area (Å²) >= 11 is 1.75. The van der Waals surface area contributed by atoms with Gasteiger partial charge in [-0.2, -0.15) is 0 Å². The smallest absolute Gasteiger partial charge is 0.134 e. The Labute approximate surface area is 145 Å². The maximum absolute atomic E-state index is 4.34. The topological polar surface area (TPSA) is 32.3 Å². The van der Waals surface area contributed by atoms with Crippen LogP contribution in [0.2, 0.25) is 0 Å². The van der Waals surface area contributed by atoms with E-state index in [4.69, 9.17) is 0 Å². The summed E-state index contributed by atoms with van der Waals surface area (Å²) in [6, 6.07) is 1.24. The third kappa shape index (κ3) is 4.52. The van der Waals surface area contributed by atoms with Crippen molar-refractivity contribution in [1.82, 2.24) is 20.0 Å². The first-order valence-electron chi connectivity index (χ1n) is 9.41. The predicted molar refractivity (Wildman–Crippen MR) is 96.9 cm³/mol. The number of hydrogen-bond acceptors (Lipinski definition) is 5. The molecule has 2 atom stereocenters. The van der Waals surface area contributed by atoms with Crippen LogP contribution in [0.3, 0.4) is 0 Å². The van der Waals surface area contributed by atoms with E-state index < -0.39 is 0 Å². The first-order valence-corrected chi connectivity index (χ1v) is 10.2. The van der Waals surface area contributed by atoms with Gasteiger partial charge in [-0.15, -0.1) is 21.5 Å². The van der Waals surface area contributed by atoms with E-state index in [-0.39, 0.29) is 0 Å². The molecule has 0 radical (unpaired) electrons. The second-order valence-corrected chi connectivity index (χ2v) is 8.70. The minimum Gasteiger partial charge on any atom is -0.301 e. The molecule has 2 saturated heterocycles. The molecule has 0 bridgehead atoms. The van der Waals surface area contributed by atoms with Crippen molar-refractivity contribution in [1.29, 1.82) is 0 Å². The van der Waals surface area contributed by atoms with Gasteiger partial charge >= 0.3 is 0 Å². The zero-order valence-electron chi connectivity index (χ0n) is 15.0. The quantitative estimate of drug-likeness (QED) is 0.817. The van der Waals surface area contributed by atoms with E-state index in [9.17, 15) is 0 Å². The Balaban J connectivity index is 1.41. The molecular formula is C18H32N4S. The number of likely N-dealkylation sites (tertiary alicyclic amines) is 2. The van der Waals surface area contributed by atoms with E-state index in [0.29, 0.717) is 6.04 Å². The fourth-order valence-electron chi connectivity index (χ4n) is 4.10. The first kappa shape index (κ1) is 17.3. The van der Waals surface area contributed by atoms with Crippen molar-refractivity contribution in [3.63, 3.8) is 0 Å². The van der Waals surface area contributed by atoms with Gasteiger partial charge in [0.2, 0.25) is 0 Å². The lowest BCUT2D eigenvalue weighted by Crippen LogP contribution is -2.40. The van der Waals surface area contributed by atoms with Crippen LogP contribution in [0.5, 0.6) is 0 Å². The number of piperidine rings is 2. The Morgan fingerprint density at radius 3 is 2.57 bits per heavy atom. The molecule has 0 N–H and O–H groups in total. The van der Waals surface area contributed by atoms with Crippen LogP contribution in [0.4, 0.5) is 0 Å². The lowest BCUT2D eigenvalue weighted by molar-refractivity contribution is 0.112. The molecule has 0 unspecified atom stereocenters. The monoisotopic (exact) mass is 336 g/mol. The van der Waals surface area contributed by atoms with Crippen molar-refractivity contribution in [3.8, 4) is 0 Å². The molecule has 0 aliphatic carbocycles. The molecule has 130 valence electrons. The Bertz CT molecular complexity index is 481. The van der Waals surface area contributed by atoms with Gasteiger partial charge in [-0.25, -0.2) is 0 Å². The maximum atomic E-state index is 4.34. The molecule has 2 aliphatic rings. The Hall–Kier alpha value is -0.520. The van der Waals surface area contributed by atoms with Gasteiger partial charge in [-0.05, 0) is 85.0 Å². The summed E-state index contributed by atoms with van der Waals surface area (Å²) in [5.41, 5.74) is 0. The summed E-state index contributed by atoms with van der Waals surface area (Å²) in [6.45, 7) is 11.8. The van der Waals surface area contributed by atoms with Crippen molar-refractivity contribution >= 4 is 11.3 Å². The Morgan fingerprint density at radius 1 is 1.13 bits per heavy atom. The molecule has 23 heavy (non-hydrogen) atoms. The average molecular weight is 337 g/mol. The van der Waals surface area contributed by atoms with Crippen LogP contribution in [-0.2, 0) is 0 Å². The number of aromatic nitrogens is 2. The summed E-state index contributed by atoms with van der Waals surface area (Å²) in [5.74, 6) is 0.920. The van der Waals surface area contributed by atoms with Gasteiger partial charge in [-0.3, -0.25) is 4.90 Å². The summed E-state index contributed by atoms with van der Waals surface area (Å²) in [5, 5.41) is 10.8. The normalized spacial score (nSPS) is 26.5. The van der Waals surface area contributed by atoms with Crippen LogP contribution < -0.4 is 0 Å². The van der Waals surface area contributed by atoms with E-state index in [1.807, 2.05) is 6.92 Å². The Morgan fingerprint density at radius 2 is 1.91 bits per heavy atom. The molecule has 0 saturated carbocycles. The molecule has 3 rings (SSSR count). The molecule has 0 spiro atoms. The van der Waals surface area contributed by atoms with Gasteiger partial charge in [-0.1, -0.05) is 6.42 Å². The highest BCUT2D eigenvalue weighted by Gasteiger charge is 2.26. The maximum Gasteiger partial charge on any atom is 0.134 e. The standard InChI is InChI=1S/C18H32N4S/c1-14-6-4-5-10-21(14)11-7-17-8-12-22(13-9-17)15(2)18-20-19-16(3)23-18/h14-15,17H,4-13H2,1-3H3/t14-,15+/m0/s1. The zero-order chi connectivity index (χ0) is 16.2. The minimum absolute atomic E-state index is 0.435. The summed E-state index contributed by atoms with van der Waals surface area (Å²) in [7, 11) is 0. The molecule has 2 fully saturated rings. The van der Waals surface area contributed by atoms with Crippen molar-refractivity contribution in [2.24, 2.45) is 5.92 Å². The van der Waals surface area contributed by atoms with E-state index in [0.717, 1.165) is 17.0 Å². The summed E-state index contributed by atoms with van der Waals surface area (Å²) < 4.78 is 0. The molecule has 2 aliphatic heterocycles. The van der Waals surface area contributed by atoms with Gasteiger partial charge < -0.3 is 4.90 Å². The molecular weight excluding hydrogens is 304 g/mol. The van der Waals surface area contributed by atoms with Gasteiger partial charge in [0.1, 0.15) is 10.0 Å². The summed E-state index contributed by atoms with van der Waals surface area (Å²) in [6.07, 6.45) is 8.33. The fraction of sp³-hybridized carbons (Fsp3) is 0.889. The van der Waals surface area contributed by atoms with Gasteiger partial charge in [0.25, 0.3) is 0 Å². The molecule has 0 aromatic carbocycles. The first-order chi connectivity index (χ1) is 11.1. The number of nitrogens with zero attached hydrogens (tertiary/aromatic N) is 4. The van der Waals surface area contributed by atoms with E-state index in [1.165, 1.54) is 69.7 Å². The van der Waals surface area contributed by atoms with Crippen LogP contribution in [0.1, 0.15) is 68.4 Å². The van der Waals surface area contributed by atoms with Crippen molar-refractivity contribution in [2.75, 3.05) is 26.2 Å². The van der Waals surface area contributed by atoms with E-state index in [2.05, 4.69) is 33.8 Å². The highest BCUT2D eigenvalue weighted by molar-refractivity contribution is 7.11. The molecule has 3 heterocycles. The van der Waals surface area contributed by atoms with Crippen molar-refractivity contribution < 1.29 is 0 Å². The van der Waals surface area contributed by atoms with Crippen LogP contribution in [-0.4, -0.2) is 52.2 Å². The second kappa shape index (κ2) is 8.04. The van der Waals surface area contributed by atoms with E-state index >= 15 is 0 Å². The highest BCUT2D eigenvalue weighted by Crippen LogP contribution is 2.29. The van der Waals surface area contributed by atoms with Crippen molar-refractivity contribution in [2.45, 2.75) is 71.4 Å². The zero-order valence-corrected chi connectivity index (χ0v) is 15.8. The van der Waals surface area contributed by atoms with Crippen molar-refractivity contribution in [3.05, 3.63) is 10.0 Å². The SMILES string of the molecule is Cc1nnc([C@@H](C)N2CCC(CCN3CCCC[C@@H]3C)CC2)s1. The Kier molecular flexibility index (Phi) is 6.05. The predicted octanol–water partition coefficient (Wildman–Crippen LogP) is 3.88. The second-order valence-electron chi connectivity index (χ2n) is 7.48. The van der Waals surface area contributed by atoms with Crippen LogP contribution in [0, 0.1) is 12.8 Å². The van der Waals surface area contributed by atoms with Crippen LogP contribution in [0.15, 0.2) is 0 Å². The third-order valence-corrected chi connectivity index (χ3v) is 6.87. The molecule has 1 aromatic rings. The van der Waals surface area contributed by atoms with Gasteiger partial charge in [0.05, 0.1) is 6.04 Å². The highest BCUT2D eigenvalue weighted by atomic mass is 32.1. The molecule has 1 aromatic heterocycles. The van der Waals surface area contributed by atoms with Gasteiger partial charge in [0.15, 0.2) is 0 Å². The molecule has 4 nitrogen and oxygen atoms in total. The number of rotatable bonds is 5.